The number of nitrogens with zero attached hydrogens (tertiary/aromatic N) is 1. The number of aryl methyl sites for hydroxylation is 1. The van der Waals surface area contributed by atoms with Crippen molar-refractivity contribution in [3.8, 4) is 5.75 Å². The number of anilines is 1. The molecular weight excluding hydrogens is 334 g/mol. The van der Waals surface area contributed by atoms with Gasteiger partial charge >= 0.3 is 0 Å². The highest BCUT2D eigenvalue weighted by Crippen LogP contribution is 2.22. The fourth-order valence-electron chi connectivity index (χ4n) is 3.45. The third-order valence-electron chi connectivity index (χ3n) is 4.97. The van der Waals surface area contributed by atoms with Crippen LogP contribution in [0.25, 0.3) is 0 Å². The van der Waals surface area contributed by atoms with Gasteiger partial charge in [-0.15, -0.1) is 0 Å². The molecule has 5 heteroatoms. The molecule has 1 aliphatic heterocycles. The van der Waals surface area contributed by atoms with E-state index in [4.69, 9.17) is 4.74 Å². The van der Waals surface area contributed by atoms with Crippen LogP contribution in [0, 0.1) is 11.6 Å². The highest BCUT2D eigenvalue weighted by atomic mass is 19.2. The number of benzene rings is 2. The van der Waals surface area contributed by atoms with Gasteiger partial charge in [0.25, 0.3) is 0 Å². The zero-order valence-corrected chi connectivity index (χ0v) is 15.2. The topological polar surface area (TPSA) is 24.5 Å². The summed E-state index contributed by atoms with van der Waals surface area (Å²) in [5.41, 5.74) is 2.06. The molecule has 0 bridgehead atoms. The summed E-state index contributed by atoms with van der Waals surface area (Å²) in [6.07, 6.45) is 4.13. The van der Waals surface area contributed by atoms with Crippen molar-refractivity contribution in [2.24, 2.45) is 0 Å². The molecule has 2 aromatic carbocycles. The molecule has 1 heterocycles. The number of nitrogens with one attached hydrogen (secondary N) is 1. The molecule has 0 aromatic heterocycles. The van der Waals surface area contributed by atoms with Crippen molar-refractivity contribution in [1.29, 1.82) is 0 Å². The van der Waals surface area contributed by atoms with Gasteiger partial charge in [0.1, 0.15) is 5.75 Å². The normalized spacial score (nSPS) is 15.3. The molecule has 0 saturated carbocycles. The van der Waals surface area contributed by atoms with Crippen LogP contribution in [-0.2, 0) is 6.42 Å². The van der Waals surface area contributed by atoms with Gasteiger partial charge in [0, 0.05) is 30.9 Å². The molecule has 0 radical (unpaired) electrons. The Kier molecular flexibility index (Phi) is 6.45. The van der Waals surface area contributed by atoms with Crippen LogP contribution in [0.2, 0.25) is 0 Å². The lowest BCUT2D eigenvalue weighted by molar-refractivity contribution is 0.410. The van der Waals surface area contributed by atoms with Crippen LogP contribution in [-0.4, -0.2) is 32.8 Å². The third-order valence-corrected chi connectivity index (χ3v) is 4.97. The molecule has 140 valence electrons. The predicted octanol–water partition coefficient (Wildman–Crippen LogP) is 4.16. The van der Waals surface area contributed by atoms with Crippen molar-refractivity contribution in [2.75, 3.05) is 31.6 Å². The molecule has 3 rings (SSSR count). The zero-order valence-electron chi connectivity index (χ0n) is 15.2. The SMILES string of the molecule is COc1cccc(CCCNC2CCN(c3ccc(F)c(F)c3)CC2)c1. The average molecular weight is 360 g/mol. The second-order valence-electron chi connectivity index (χ2n) is 6.77. The zero-order chi connectivity index (χ0) is 18.4. The Balaban J connectivity index is 1.38. The summed E-state index contributed by atoms with van der Waals surface area (Å²) >= 11 is 0. The second kappa shape index (κ2) is 8.99. The summed E-state index contributed by atoms with van der Waals surface area (Å²) in [5, 5.41) is 3.62. The Morgan fingerprint density at radius 2 is 1.88 bits per heavy atom. The Morgan fingerprint density at radius 1 is 1.08 bits per heavy atom. The number of rotatable bonds is 7. The smallest absolute Gasteiger partial charge is 0.160 e. The van der Waals surface area contributed by atoms with E-state index in [1.807, 2.05) is 12.1 Å². The molecule has 1 fully saturated rings. The fourth-order valence-corrected chi connectivity index (χ4v) is 3.45. The lowest BCUT2D eigenvalue weighted by Gasteiger charge is -2.34. The minimum Gasteiger partial charge on any atom is -0.497 e. The highest BCUT2D eigenvalue weighted by Gasteiger charge is 2.19. The van der Waals surface area contributed by atoms with Gasteiger partial charge in [-0.3, -0.25) is 0 Å². The molecule has 0 aliphatic carbocycles. The summed E-state index contributed by atoms with van der Waals surface area (Å²) in [4.78, 5) is 2.12. The van der Waals surface area contributed by atoms with Gasteiger partial charge in [-0.25, -0.2) is 8.78 Å². The van der Waals surface area contributed by atoms with Crippen molar-refractivity contribution in [3.63, 3.8) is 0 Å². The molecular formula is C21H26F2N2O. The third kappa shape index (κ3) is 4.94. The van der Waals surface area contributed by atoms with Crippen molar-refractivity contribution in [1.82, 2.24) is 5.32 Å². The minimum absolute atomic E-state index is 0.488. The number of piperidine rings is 1. The van der Waals surface area contributed by atoms with E-state index in [9.17, 15) is 8.78 Å². The molecule has 0 unspecified atom stereocenters. The van der Waals surface area contributed by atoms with Gasteiger partial charge in [0.15, 0.2) is 11.6 Å². The van der Waals surface area contributed by atoms with Crippen molar-refractivity contribution >= 4 is 5.69 Å². The van der Waals surface area contributed by atoms with E-state index in [1.165, 1.54) is 17.7 Å². The van der Waals surface area contributed by atoms with Crippen LogP contribution < -0.4 is 15.0 Å². The molecule has 0 amide bonds. The number of methoxy groups -OCH3 is 1. The summed E-state index contributed by atoms with van der Waals surface area (Å²) in [7, 11) is 1.69. The maximum atomic E-state index is 13.4. The Bertz CT molecular complexity index is 715. The highest BCUT2D eigenvalue weighted by molar-refractivity contribution is 5.47. The minimum atomic E-state index is -0.790. The average Bonchev–Trinajstić information content (AvgIpc) is 2.68. The maximum Gasteiger partial charge on any atom is 0.160 e. The van der Waals surface area contributed by atoms with Crippen molar-refractivity contribution in [2.45, 2.75) is 31.7 Å². The standard InChI is InChI=1S/C21H26F2N2O/c1-26-19-6-2-4-16(14-19)5-3-11-24-17-9-12-25(13-10-17)18-7-8-20(22)21(23)15-18/h2,4,6-8,14-15,17,24H,3,5,9-13H2,1H3. The van der Waals surface area contributed by atoms with Crippen LogP contribution in [0.15, 0.2) is 42.5 Å². The van der Waals surface area contributed by atoms with E-state index in [0.29, 0.717) is 6.04 Å². The maximum absolute atomic E-state index is 13.4. The van der Waals surface area contributed by atoms with Crippen LogP contribution in [0.4, 0.5) is 14.5 Å². The first-order valence-corrected chi connectivity index (χ1v) is 9.22. The first-order valence-electron chi connectivity index (χ1n) is 9.22. The van der Waals surface area contributed by atoms with E-state index in [2.05, 4.69) is 22.3 Å². The van der Waals surface area contributed by atoms with E-state index < -0.39 is 11.6 Å². The van der Waals surface area contributed by atoms with Crippen molar-refractivity contribution in [3.05, 3.63) is 59.7 Å². The Labute approximate surface area is 154 Å². The summed E-state index contributed by atoms with van der Waals surface area (Å²) < 4.78 is 31.7. The van der Waals surface area contributed by atoms with Crippen LogP contribution in [0.5, 0.6) is 5.75 Å². The number of hydrogen-bond acceptors (Lipinski definition) is 3. The number of halogens is 2. The quantitative estimate of drug-likeness (QED) is 0.750. The summed E-state index contributed by atoms with van der Waals surface area (Å²) in [5.74, 6) is -0.665. The van der Waals surface area contributed by atoms with E-state index in [0.717, 1.165) is 56.8 Å². The molecule has 1 N–H and O–H groups in total. The van der Waals surface area contributed by atoms with E-state index >= 15 is 0 Å². The molecule has 0 atom stereocenters. The Morgan fingerprint density at radius 3 is 2.62 bits per heavy atom. The molecule has 26 heavy (non-hydrogen) atoms. The first-order chi connectivity index (χ1) is 12.7. The summed E-state index contributed by atoms with van der Waals surface area (Å²) in [6, 6.07) is 12.8. The van der Waals surface area contributed by atoms with Crippen molar-refractivity contribution < 1.29 is 13.5 Å². The second-order valence-corrected chi connectivity index (χ2v) is 6.77. The molecule has 0 spiro atoms. The molecule has 1 saturated heterocycles. The molecule has 2 aromatic rings. The van der Waals surface area contributed by atoms with Crippen LogP contribution >= 0.6 is 0 Å². The van der Waals surface area contributed by atoms with Gasteiger partial charge in [-0.1, -0.05) is 12.1 Å². The lowest BCUT2D eigenvalue weighted by atomic mass is 10.0. The molecule has 1 aliphatic rings. The van der Waals surface area contributed by atoms with Crippen LogP contribution in [0.3, 0.4) is 0 Å². The first kappa shape index (κ1) is 18.6. The lowest BCUT2D eigenvalue weighted by Crippen LogP contribution is -2.42. The van der Waals surface area contributed by atoms with E-state index in [1.54, 1.807) is 13.2 Å². The predicted molar refractivity (Wildman–Crippen MR) is 101 cm³/mol. The monoisotopic (exact) mass is 360 g/mol. The van der Waals surface area contributed by atoms with Gasteiger partial charge in [-0.2, -0.15) is 0 Å². The van der Waals surface area contributed by atoms with Crippen LogP contribution in [0.1, 0.15) is 24.8 Å². The number of hydrogen-bond donors (Lipinski definition) is 1. The summed E-state index contributed by atoms with van der Waals surface area (Å²) in [6.45, 7) is 2.70. The van der Waals surface area contributed by atoms with Gasteiger partial charge in [0.05, 0.1) is 7.11 Å². The van der Waals surface area contributed by atoms with Gasteiger partial charge in [-0.05, 0) is 62.1 Å². The largest absolute Gasteiger partial charge is 0.497 e. The molecule has 3 nitrogen and oxygen atoms in total. The van der Waals surface area contributed by atoms with Gasteiger partial charge in [0.2, 0.25) is 0 Å². The fraction of sp³-hybridized carbons (Fsp3) is 0.429. The van der Waals surface area contributed by atoms with E-state index in [-0.39, 0.29) is 0 Å². The Hall–Kier alpha value is -2.14. The van der Waals surface area contributed by atoms with Gasteiger partial charge < -0.3 is 15.0 Å². The number of ether oxygens (including phenoxy) is 1.